The van der Waals surface area contributed by atoms with Gasteiger partial charge >= 0.3 is 5.97 Å². The fourth-order valence-corrected chi connectivity index (χ4v) is 4.22. The Kier molecular flexibility index (Phi) is 6.17. The van der Waals surface area contributed by atoms with Gasteiger partial charge in [-0.25, -0.2) is 4.79 Å². The van der Waals surface area contributed by atoms with Gasteiger partial charge in [0.25, 0.3) is 5.91 Å². The number of halogens is 1. The lowest BCUT2D eigenvalue weighted by Crippen LogP contribution is -2.32. The molecule has 6 heteroatoms. The van der Waals surface area contributed by atoms with Crippen LogP contribution in [0.15, 0.2) is 60.7 Å². The van der Waals surface area contributed by atoms with Crippen LogP contribution >= 0.6 is 11.6 Å². The molecule has 0 radical (unpaired) electrons. The number of carbonyl (C=O) groups excluding carboxylic acids is 1. The first kappa shape index (κ1) is 22.9. The lowest BCUT2D eigenvalue weighted by molar-refractivity contribution is 0.0694. The number of rotatable bonds is 6. The van der Waals surface area contributed by atoms with E-state index < -0.39 is 5.97 Å². The Balaban J connectivity index is 1.47. The Morgan fingerprint density at radius 3 is 2.55 bits per heavy atom. The minimum Gasteiger partial charge on any atom is -0.489 e. The van der Waals surface area contributed by atoms with Crippen molar-refractivity contribution < 1.29 is 19.4 Å². The molecule has 1 amide bonds. The molecular weight excluding hydrogens is 438 g/mol. The summed E-state index contributed by atoms with van der Waals surface area (Å²) >= 11 is 5.99. The Hall–Kier alpha value is -3.31. The number of nitrogens with zero attached hydrogens (tertiary/aromatic N) is 1. The van der Waals surface area contributed by atoms with Crippen molar-refractivity contribution in [3.63, 3.8) is 0 Å². The molecule has 3 aromatic rings. The molecule has 1 aliphatic rings. The first-order chi connectivity index (χ1) is 15.6. The van der Waals surface area contributed by atoms with Crippen LogP contribution in [0, 0.1) is 5.41 Å². The van der Waals surface area contributed by atoms with Crippen LogP contribution in [-0.4, -0.2) is 28.4 Å². The number of carboxylic acids is 1. The summed E-state index contributed by atoms with van der Waals surface area (Å²) in [5, 5.41) is 9.54. The summed E-state index contributed by atoms with van der Waals surface area (Å²) in [6, 6.07) is 18.3. The van der Waals surface area contributed by atoms with Gasteiger partial charge in [-0.3, -0.25) is 4.79 Å². The van der Waals surface area contributed by atoms with Crippen molar-refractivity contribution in [2.75, 3.05) is 6.54 Å². The largest absolute Gasteiger partial charge is 0.489 e. The third-order valence-corrected chi connectivity index (χ3v) is 5.81. The quantitative estimate of drug-likeness (QED) is 0.466. The summed E-state index contributed by atoms with van der Waals surface area (Å²) in [7, 11) is 0. The summed E-state index contributed by atoms with van der Waals surface area (Å²) in [6.07, 6.45) is 0. The minimum atomic E-state index is -1.06. The molecule has 0 saturated heterocycles. The van der Waals surface area contributed by atoms with Crippen LogP contribution < -0.4 is 4.74 Å². The Morgan fingerprint density at radius 2 is 1.82 bits per heavy atom. The van der Waals surface area contributed by atoms with Gasteiger partial charge < -0.3 is 14.7 Å². The van der Waals surface area contributed by atoms with Crippen LogP contribution in [-0.2, 0) is 13.2 Å². The predicted octanol–water partition coefficient (Wildman–Crippen LogP) is 6.29. The number of amides is 1. The number of carbonyl (C=O) groups is 2. The molecule has 1 aliphatic heterocycles. The van der Waals surface area contributed by atoms with Crippen molar-refractivity contribution in [2.24, 2.45) is 5.41 Å². The van der Waals surface area contributed by atoms with E-state index in [0.29, 0.717) is 25.4 Å². The smallest absolute Gasteiger partial charge is 0.337 e. The second-order valence-electron chi connectivity index (χ2n) is 9.53. The highest BCUT2D eigenvalue weighted by Crippen LogP contribution is 2.30. The summed E-state index contributed by atoms with van der Waals surface area (Å²) in [6.45, 7) is 8.03. The van der Waals surface area contributed by atoms with Gasteiger partial charge in [0.05, 0.1) is 10.6 Å². The van der Waals surface area contributed by atoms with Gasteiger partial charge in [0, 0.05) is 18.7 Å². The molecule has 0 unspecified atom stereocenters. The van der Waals surface area contributed by atoms with Crippen molar-refractivity contribution in [1.82, 2.24) is 4.90 Å². The maximum Gasteiger partial charge on any atom is 0.337 e. The molecule has 1 heterocycles. The van der Waals surface area contributed by atoms with E-state index in [1.165, 1.54) is 0 Å². The van der Waals surface area contributed by atoms with Gasteiger partial charge in [-0.05, 0) is 64.1 Å². The monoisotopic (exact) mass is 463 g/mol. The van der Waals surface area contributed by atoms with Gasteiger partial charge in [0.15, 0.2) is 0 Å². The van der Waals surface area contributed by atoms with E-state index in [1.54, 1.807) is 18.2 Å². The number of hydrogen-bond donors (Lipinski definition) is 1. The van der Waals surface area contributed by atoms with E-state index >= 15 is 0 Å². The highest BCUT2D eigenvalue weighted by molar-refractivity contribution is 6.33. The van der Waals surface area contributed by atoms with E-state index in [-0.39, 0.29) is 21.9 Å². The van der Waals surface area contributed by atoms with Crippen molar-refractivity contribution in [3.05, 3.63) is 87.9 Å². The van der Waals surface area contributed by atoms with Crippen LogP contribution in [0.5, 0.6) is 5.75 Å². The topological polar surface area (TPSA) is 66.8 Å². The van der Waals surface area contributed by atoms with Crippen molar-refractivity contribution >= 4 is 23.5 Å². The second kappa shape index (κ2) is 8.91. The van der Waals surface area contributed by atoms with E-state index in [9.17, 15) is 14.7 Å². The highest BCUT2D eigenvalue weighted by Gasteiger charge is 2.30. The van der Waals surface area contributed by atoms with Crippen LogP contribution in [0.25, 0.3) is 11.1 Å². The van der Waals surface area contributed by atoms with Gasteiger partial charge in [-0.15, -0.1) is 0 Å². The zero-order chi connectivity index (χ0) is 23.8. The number of benzene rings is 3. The second-order valence-corrected chi connectivity index (χ2v) is 9.94. The highest BCUT2D eigenvalue weighted by atomic mass is 35.5. The maximum atomic E-state index is 12.7. The number of fused-ring (bicyclic) bond motifs is 1. The fourth-order valence-electron chi connectivity index (χ4n) is 4.02. The fraction of sp³-hybridized carbons (Fsp3) is 0.259. The molecule has 33 heavy (non-hydrogen) atoms. The molecule has 0 fully saturated rings. The third kappa shape index (κ3) is 5.20. The number of ether oxygens (including phenoxy) is 1. The lowest BCUT2D eigenvalue weighted by Gasteiger charge is -2.26. The van der Waals surface area contributed by atoms with Crippen LogP contribution in [0.2, 0.25) is 5.02 Å². The Bertz CT molecular complexity index is 1230. The number of carboxylic acid groups (broad SMARTS) is 1. The molecular formula is C27H26ClNO4. The Labute approximate surface area is 198 Å². The summed E-state index contributed by atoms with van der Waals surface area (Å²) in [5.74, 6) is -0.274. The van der Waals surface area contributed by atoms with Gasteiger partial charge in [0.2, 0.25) is 0 Å². The molecule has 0 aliphatic carbocycles. The molecule has 0 saturated carbocycles. The lowest BCUT2D eigenvalue weighted by atomic mass is 9.96. The summed E-state index contributed by atoms with van der Waals surface area (Å²) in [4.78, 5) is 25.9. The van der Waals surface area contributed by atoms with E-state index in [2.05, 4.69) is 20.8 Å². The molecule has 0 atom stereocenters. The maximum absolute atomic E-state index is 12.7. The SMILES string of the molecule is CC(C)(C)CN1Cc2cc(OCc3cccc(-c4ccc(Cl)c(C(=O)O)c4)c3)ccc2C1=O. The molecule has 5 nitrogen and oxygen atoms in total. The average molecular weight is 464 g/mol. The number of hydrogen-bond acceptors (Lipinski definition) is 3. The van der Waals surface area contributed by atoms with Crippen molar-refractivity contribution in [1.29, 1.82) is 0 Å². The van der Waals surface area contributed by atoms with Crippen LogP contribution in [0.4, 0.5) is 0 Å². The molecule has 3 aromatic carbocycles. The zero-order valence-electron chi connectivity index (χ0n) is 18.9. The normalized spacial score (nSPS) is 13.2. The standard InChI is InChI=1S/C27H26ClNO4/c1-27(2,3)16-29-14-20-12-21(8-9-22(20)25(29)30)33-15-17-5-4-6-18(11-17)19-7-10-24(28)23(13-19)26(31)32/h4-13H,14-16H2,1-3H3,(H,31,32). The van der Waals surface area contributed by atoms with Crippen LogP contribution in [0.1, 0.15) is 52.6 Å². The average Bonchev–Trinajstić information content (AvgIpc) is 3.05. The molecule has 170 valence electrons. The van der Waals surface area contributed by atoms with Crippen LogP contribution in [0.3, 0.4) is 0 Å². The van der Waals surface area contributed by atoms with Crippen molar-refractivity contribution in [3.8, 4) is 16.9 Å². The van der Waals surface area contributed by atoms with Crippen molar-refractivity contribution in [2.45, 2.75) is 33.9 Å². The van der Waals surface area contributed by atoms with Gasteiger partial charge in [-0.2, -0.15) is 0 Å². The predicted molar refractivity (Wildman–Crippen MR) is 129 cm³/mol. The summed E-state index contributed by atoms with van der Waals surface area (Å²) in [5.41, 5.74) is 4.44. The van der Waals surface area contributed by atoms with Gasteiger partial charge in [-0.1, -0.05) is 56.6 Å². The molecule has 1 N–H and O–H groups in total. The molecule has 0 bridgehead atoms. The molecule has 4 rings (SSSR count). The molecule has 0 aromatic heterocycles. The minimum absolute atomic E-state index is 0.0391. The zero-order valence-corrected chi connectivity index (χ0v) is 19.6. The third-order valence-electron chi connectivity index (χ3n) is 5.48. The summed E-state index contributed by atoms with van der Waals surface area (Å²) < 4.78 is 6.02. The van der Waals surface area contributed by atoms with E-state index in [0.717, 1.165) is 27.8 Å². The van der Waals surface area contributed by atoms with E-state index in [1.807, 2.05) is 47.4 Å². The first-order valence-electron chi connectivity index (χ1n) is 10.8. The number of aromatic carboxylic acids is 1. The first-order valence-corrected chi connectivity index (χ1v) is 11.2. The van der Waals surface area contributed by atoms with E-state index in [4.69, 9.17) is 16.3 Å². The Morgan fingerprint density at radius 1 is 1.06 bits per heavy atom. The van der Waals surface area contributed by atoms with Gasteiger partial charge in [0.1, 0.15) is 12.4 Å². The molecule has 0 spiro atoms.